The molecule has 0 radical (unpaired) electrons. The molecular formula is C32H38N4. The van der Waals surface area contributed by atoms with Crippen molar-refractivity contribution >= 4 is 23.5 Å². The molecule has 0 bridgehead atoms. The van der Waals surface area contributed by atoms with Gasteiger partial charge >= 0.3 is 0 Å². The predicted octanol–water partition coefficient (Wildman–Crippen LogP) is 7.71. The zero-order valence-electron chi connectivity index (χ0n) is 22.3. The molecule has 0 aliphatic heterocycles. The maximum atomic E-state index is 5.04. The maximum Gasteiger partial charge on any atom is 0.0891 e. The summed E-state index contributed by atoms with van der Waals surface area (Å²) in [5, 5.41) is 5.04. The van der Waals surface area contributed by atoms with Crippen LogP contribution < -0.4 is 9.80 Å². The Hall–Kier alpha value is -3.79. The van der Waals surface area contributed by atoms with Crippen LogP contribution >= 0.6 is 0 Å². The lowest BCUT2D eigenvalue weighted by atomic mass is 10.0. The lowest BCUT2D eigenvalue weighted by Gasteiger charge is -2.21. The first-order chi connectivity index (χ1) is 17.6. The molecule has 0 aliphatic rings. The normalized spacial score (nSPS) is 11.2. The van der Waals surface area contributed by atoms with Crippen LogP contribution in [0.1, 0.15) is 44.5 Å². The van der Waals surface area contributed by atoms with Gasteiger partial charge in [-0.15, -0.1) is 0 Å². The molecule has 0 spiro atoms. The monoisotopic (exact) mass is 478 g/mol. The highest BCUT2D eigenvalue weighted by molar-refractivity contribution is 5.76. The van der Waals surface area contributed by atoms with E-state index in [-0.39, 0.29) is 0 Å². The summed E-state index contributed by atoms with van der Waals surface area (Å²) in [6.07, 6.45) is 4.29. The Kier molecular flexibility index (Phi) is 8.27. The van der Waals surface area contributed by atoms with Crippen molar-refractivity contribution in [1.82, 2.24) is 9.78 Å². The highest BCUT2D eigenvalue weighted by atomic mass is 15.3. The fraction of sp³-hybridized carbons (Fsp3) is 0.281. The van der Waals surface area contributed by atoms with Crippen LogP contribution in [0.5, 0.6) is 0 Å². The Morgan fingerprint density at radius 2 is 1.19 bits per heavy atom. The van der Waals surface area contributed by atoms with Gasteiger partial charge in [0.05, 0.1) is 17.1 Å². The molecule has 4 aromatic rings. The number of para-hydroxylation sites is 1. The van der Waals surface area contributed by atoms with Crippen LogP contribution in [0, 0.1) is 6.92 Å². The second-order valence-electron chi connectivity index (χ2n) is 8.92. The molecule has 3 aromatic carbocycles. The van der Waals surface area contributed by atoms with Gasteiger partial charge in [0, 0.05) is 48.7 Å². The SMILES string of the molecule is CCN(CC)c1ccc(/C=C/c2nn(-c3ccccc3)c(-c3ccc(N(CC)CC)cc3)c2C)cc1. The Balaban J connectivity index is 1.70. The number of hydrogen-bond donors (Lipinski definition) is 0. The van der Waals surface area contributed by atoms with Crippen LogP contribution in [0.15, 0.2) is 78.9 Å². The van der Waals surface area contributed by atoms with Gasteiger partial charge in [-0.2, -0.15) is 5.10 Å². The Labute approximate surface area is 216 Å². The topological polar surface area (TPSA) is 24.3 Å². The fourth-order valence-electron chi connectivity index (χ4n) is 4.75. The Morgan fingerprint density at radius 3 is 1.72 bits per heavy atom. The van der Waals surface area contributed by atoms with Crippen LogP contribution in [-0.2, 0) is 0 Å². The van der Waals surface area contributed by atoms with Crippen LogP contribution in [0.4, 0.5) is 11.4 Å². The van der Waals surface area contributed by atoms with Gasteiger partial charge in [0.1, 0.15) is 0 Å². The third kappa shape index (κ3) is 5.38. The summed E-state index contributed by atoms with van der Waals surface area (Å²) < 4.78 is 2.07. The van der Waals surface area contributed by atoms with Gasteiger partial charge in [-0.3, -0.25) is 0 Å². The van der Waals surface area contributed by atoms with Crippen molar-refractivity contribution in [1.29, 1.82) is 0 Å². The minimum absolute atomic E-state index is 0.981. The molecule has 0 amide bonds. The van der Waals surface area contributed by atoms with Crippen LogP contribution in [-0.4, -0.2) is 36.0 Å². The van der Waals surface area contributed by atoms with E-state index in [2.05, 4.69) is 134 Å². The second-order valence-corrected chi connectivity index (χ2v) is 8.92. The van der Waals surface area contributed by atoms with Crippen molar-refractivity contribution < 1.29 is 0 Å². The molecule has 0 unspecified atom stereocenters. The second kappa shape index (κ2) is 11.8. The van der Waals surface area contributed by atoms with E-state index in [1.54, 1.807) is 0 Å². The summed E-state index contributed by atoms with van der Waals surface area (Å²) >= 11 is 0. The summed E-state index contributed by atoms with van der Waals surface area (Å²) in [4.78, 5) is 4.72. The number of anilines is 2. The van der Waals surface area contributed by atoms with E-state index >= 15 is 0 Å². The van der Waals surface area contributed by atoms with E-state index < -0.39 is 0 Å². The van der Waals surface area contributed by atoms with Gasteiger partial charge in [-0.05, 0) is 82.7 Å². The lowest BCUT2D eigenvalue weighted by molar-refractivity contribution is 0.865. The average Bonchev–Trinajstić information content (AvgIpc) is 3.26. The van der Waals surface area contributed by atoms with Crippen molar-refractivity contribution in [2.75, 3.05) is 36.0 Å². The van der Waals surface area contributed by atoms with Gasteiger partial charge in [-0.25, -0.2) is 4.68 Å². The fourth-order valence-corrected chi connectivity index (χ4v) is 4.75. The minimum atomic E-state index is 0.981. The third-order valence-corrected chi connectivity index (χ3v) is 6.88. The van der Waals surface area contributed by atoms with Crippen LogP contribution in [0.3, 0.4) is 0 Å². The molecule has 0 saturated heterocycles. The van der Waals surface area contributed by atoms with Crippen molar-refractivity contribution in [2.45, 2.75) is 34.6 Å². The molecule has 36 heavy (non-hydrogen) atoms. The first kappa shape index (κ1) is 25.3. The van der Waals surface area contributed by atoms with Gasteiger partial charge < -0.3 is 9.80 Å². The standard InChI is InChI=1S/C32H38N4/c1-6-34(7-2)28-20-15-26(16-21-28)17-24-31-25(5)32(36(33-31)30-13-11-10-12-14-30)27-18-22-29(23-19-27)35(8-3)9-4/h10-24H,6-9H2,1-5H3/b24-17+. The summed E-state index contributed by atoms with van der Waals surface area (Å²) in [5.74, 6) is 0. The Bertz CT molecular complexity index is 1260. The van der Waals surface area contributed by atoms with E-state index in [1.165, 1.54) is 28.1 Å². The lowest BCUT2D eigenvalue weighted by Crippen LogP contribution is -2.21. The van der Waals surface area contributed by atoms with E-state index in [0.29, 0.717) is 0 Å². The third-order valence-electron chi connectivity index (χ3n) is 6.88. The van der Waals surface area contributed by atoms with Gasteiger partial charge in [-0.1, -0.05) is 48.5 Å². The summed E-state index contributed by atoms with van der Waals surface area (Å²) in [5.41, 5.74) is 9.20. The molecular weight excluding hydrogens is 440 g/mol. The van der Waals surface area contributed by atoms with E-state index in [4.69, 9.17) is 5.10 Å². The molecule has 0 N–H and O–H groups in total. The smallest absolute Gasteiger partial charge is 0.0891 e. The van der Waals surface area contributed by atoms with E-state index in [1.807, 2.05) is 6.07 Å². The average molecular weight is 479 g/mol. The van der Waals surface area contributed by atoms with Gasteiger partial charge in [0.25, 0.3) is 0 Å². The molecule has 0 atom stereocenters. The Morgan fingerprint density at radius 1 is 0.667 bits per heavy atom. The molecule has 4 rings (SSSR count). The van der Waals surface area contributed by atoms with Gasteiger partial charge in [0.2, 0.25) is 0 Å². The number of nitrogens with zero attached hydrogens (tertiary/aromatic N) is 4. The molecule has 0 saturated carbocycles. The predicted molar refractivity (Wildman–Crippen MR) is 156 cm³/mol. The molecule has 4 heteroatoms. The number of hydrogen-bond acceptors (Lipinski definition) is 3. The molecule has 186 valence electrons. The summed E-state index contributed by atoms with van der Waals surface area (Å²) in [6, 6.07) is 28.0. The van der Waals surface area contributed by atoms with Crippen LogP contribution in [0.2, 0.25) is 0 Å². The first-order valence-electron chi connectivity index (χ1n) is 13.1. The summed E-state index contributed by atoms with van der Waals surface area (Å²) in [7, 11) is 0. The van der Waals surface area contributed by atoms with Crippen molar-refractivity contribution in [2.24, 2.45) is 0 Å². The van der Waals surface area contributed by atoms with Gasteiger partial charge in [0.15, 0.2) is 0 Å². The quantitative estimate of drug-likeness (QED) is 0.233. The highest BCUT2D eigenvalue weighted by Gasteiger charge is 2.16. The summed E-state index contributed by atoms with van der Waals surface area (Å²) in [6.45, 7) is 15.0. The van der Waals surface area contributed by atoms with E-state index in [0.717, 1.165) is 43.3 Å². The van der Waals surface area contributed by atoms with Crippen LogP contribution in [0.25, 0.3) is 29.1 Å². The maximum absolute atomic E-state index is 5.04. The molecule has 0 fully saturated rings. The van der Waals surface area contributed by atoms with Crippen molar-refractivity contribution in [3.63, 3.8) is 0 Å². The molecule has 1 heterocycles. The molecule has 4 nitrogen and oxygen atoms in total. The zero-order chi connectivity index (χ0) is 25.5. The number of benzene rings is 3. The number of rotatable bonds is 10. The van der Waals surface area contributed by atoms with Crippen molar-refractivity contribution in [3.05, 3.63) is 95.7 Å². The first-order valence-corrected chi connectivity index (χ1v) is 13.1. The molecule has 1 aromatic heterocycles. The number of aromatic nitrogens is 2. The van der Waals surface area contributed by atoms with Crippen molar-refractivity contribution in [3.8, 4) is 16.9 Å². The minimum Gasteiger partial charge on any atom is -0.372 e. The van der Waals surface area contributed by atoms with E-state index in [9.17, 15) is 0 Å². The molecule has 0 aliphatic carbocycles. The zero-order valence-corrected chi connectivity index (χ0v) is 22.3. The largest absolute Gasteiger partial charge is 0.372 e. The highest BCUT2D eigenvalue weighted by Crippen LogP contribution is 2.31.